The second kappa shape index (κ2) is 11.5. The van der Waals surface area contributed by atoms with Crippen molar-refractivity contribution >= 4 is 17.7 Å². The number of benzene rings is 2. The third-order valence-corrected chi connectivity index (χ3v) is 5.97. The number of H-pyrrole nitrogens is 1. The molecular weight excluding hydrogens is 480 g/mol. The van der Waals surface area contributed by atoms with Crippen LogP contribution in [0.4, 0.5) is 25.2 Å². The summed E-state index contributed by atoms with van der Waals surface area (Å²) in [4.78, 5) is 13.2. The van der Waals surface area contributed by atoms with Gasteiger partial charge in [0.05, 0.1) is 24.1 Å². The van der Waals surface area contributed by atoms with Crippen LogP contribution in [0.25, 0.3) is 5.69 Å². The number of primary amides is 1. The lowest BCUT2D eigenvalue weighted by molar-refractivity contribution is 0.259. The number of aromatic amines is 1. The van der Waals surface area contributed by atoms with E-state index in [9.17, 15) is 13.6 Å². The van der Waals surface area contributed by atoms with Crippen LogP contribution in [0.15, 0.2) is 60.8 Å². The van der Waals surface area contributed by atoms with E-state index in [0.717, 1.165) is 48.2 Å². The van der Waals surface area contributed by atoms with E-state index in [2.05, 4.69) is 25.5 Å². The molecule has 1 unspecified atom stereocenters. The van der Waals surface area contributed by atoms with Gasteiger partial charge in [-0.2, -0.15) is 5.10 Å². The Hall–Kier alpha value is -4.41. The van der Waals surface area contributed by atoms with E-state index in [0.29, 0.717) is 18.3 Å². The minimum absolute atomic E-state index is 0.165. The standard InChI is InChI=1S/C13H13F2N3.C13H16N4O2/c14-11-5-10(6-12(15)7-11)9-2-4-18(8-9)13-1-3-16-17-13;1-3-19-12-9(2)11(15-13(14)18)17(16-12)10-7-5-4-6-8-10/h1,3,5-7,9H,2,4,8H2,(H,16,17);4-8H,3H2,1-2H3,(H3,14,15,18). The summed E-state index contributed by atoms with van der Waals surface area (Å²) in [5, 5.41) is 13.7. The summed E-state index contributed by atoms with van der Waals surface area (Å²) in [5.41, 5.74) is 7.48. The van der Waals surface area contributed by atoms with Gasteiger partial charge in [-0.05, 0) is 50.1 Å². The van der Waals surface area contributed by atoms with Gasteiger partial charge in [0.15, 0.2) is 0 Å². The molecule has 0 aliphatic carbocycles. The quantitative estimate of drug-likeness (QED) is 0.347. The van der Waals surface area contributed by atoms with Crippen molar-refractivity contribution in [2.75, 3.05) is 29.9 Å². The first-order valence-electron chi connectivity index (χ1n) is 11.9. The molecule has 0 bridgehead atoms. The molecule has 5 rings (SSSR count). The Labute approximate surface area is 213 Å². The van der Waals surface area contributed by atoms with Crippen molar-refractivity contribution in [1.29, 1.82) is 0 Å². The van der Waals surface area contributed by atoms with Gasteiger partial charge in [0.2, 0.25) is 5.88 Å². The normalized spacial score (nSPS) is 14.7. The van der Waals surface area contributed by atoms with Crippen molar-refractivity contribution in [3.63, 3.8) is 0 Å². The van der Waals surface area contributed by atoms with Gasteiger partial charge in [0.25, 0.3) is 0 Å². The molecule has 4 aromatic rings. The number of amides is 2. The number of anilines is 2. The van der Waals surface area contributed by atoms with Crippen molar-refractivity contribution < 1.29 is 18.3 Å². The first-order chi connectivity index (χ1) is 17.9. The zero-order valence-corrected chi connectivity index (χ0v) is 20.6. The zero-order valence-electron chi connectivity index (χ0n) is 20.6. The average molecular weight is 510 g/mol. The molecule has 4 N–H and O–H groups in total. The number of nitrogens with two attached hydrogens (primary N) is 1. The van der Waals surface area contributed by atoms with Gasteiger partial charge in [0.1, 0.15) is 23.3 Å². The smallest absolute Gasteiger partial charge is 0.317 e. The van der Waals surface area contributed by atoms with E-state index in [1.807, 2.05) is 50.2 Å². The number of aromatic nitrogens is 4. The minimum atomic E-state index is -0.636. The van der Waals surface area contributed by atoms with E-state index in [1.54, 1.807) is 10.9 Å². The van der Waals surface area contributed by atoms with Crippen LogP contribution in [-0.2, 0) is 0 Å². The van der Waals surface area contributed by atoms with Gasteiger partial charge in [-0.1, -0.05) is 18.2 Å². The number of halogens is 2. The van der Waals surface area contributed by atoms with Crippen LogP contribution in [0.3, 0.4) is 0 Å². The van der Waals surface area contributed by atoms with Gasteiger partial charge >= 0.3 is 6.03 Å². The second-order valence-electron chi connectivity index (χ2n) is 8.52. The summed E-state index contributed by atoms with van der Waals surface area (Å²) in [6.45, 7) is 5.82. The highest BCUT2D eigenvalue weighted by Gasteiger charge is 2.25. The van der Waals surface area contributed by atoms with E-state index < -0.39 is 17.7 Å². The maximum atomic E-state index is 13.2. The van der Waals surface area contributed by atoms with Crippen molar-refractivity contribution in [2.24, 2.45) is 5.73 Å². The third-order valence-electron chi connectivity index (χ3n) is 5.97. The molecule has 1 atom stereocenters. The van der Waals surface area contributed by atoms with E-state index in [1.165, 1.54) is 12.1 Å². The fourth-order valence-electron chi connectivity index (χ4n) is 4.26. The van der Waals surface area contributed by atoms with Crippen LogP contribution in [0.5, 0.6) is 5.88 Å². The van der Waals surface area contributed by atoms with Crippen LogP contribution >= 0.6 is 0 Å². The molecule has 3 heterocycles. The predicted octanol–water partition coefficient (Wildman–Crippen LogP) is 4.75. The van der Waals surface area contributed by atoms with Gasteiger partial charge in [-0.25, -0.2) is 18.3 Å². The van der Waals surface area contributed by atoms with Crippen molar-refractivity contribution in [2.45, 2.75) is 26.2 Å². The SMILES string of the molecule is CCOc1nn(-c2ccccc2)c(NC(N)=O)c1C.Fc1cc(F)cc(C2CCN(c3ccn[nH]3)C2)c1. The maximum Gasteiger partial charge on any atom is 0.317 e. The molecule has 0 radical (unpaired) electrons. The lowest BCUT2D eigenvalue weighted by Gasteiger charge is -2.16. The summed E-state index contributed by atoms with van der Waals surface area (Å²) in [6.07, 6.45) is 2.59. The fourth-order valence-corrected chi connectivity index (χ4v) is 4.26. The minimum Gasteiger partial charge on any atom is -0.477 e. The molecule has 2 aromatic heterocycles. The number of rotatable bonds is 6. The number of carbonyl (C=O) groups excluding carboxylic acids is 1. The number of ether oxygens (including phenoxy) is 1. The molecule has 2 aromatic carbocycles. The maximum absolute atomic E-state index is 13.2. The number of urea groups is 1. The Morgan fingerprint density at radius 3 is 2.54 bits per heavy atom. The lowest BCUT2D eigenvalue weighted by atomic mass is 9.98. The molecule has 2 amide bonds. The molecule has 9 nitrogen and oxygen atoms in total. The molecule has 11 heteroatoms. The predicted molar refractivity (Wildman–Crippen MR) is 137 cm³/mol. The molecule has 0 spiro atoms. The average Bonchev–Trinajstić information content (AvgIpc) is 3.62. The van der Waals surface area contributed by atoms with Gasteiger partial charge < -0.3 is 15.4 Å². The Morgan fingerprint density at radius 2 is 1.92 bits per heavy atom. The Balaban J connectivity index is 0.000000173. The molecule has 1 aliphatic heterocycles. The highest BCUT2D eigenvalue weighted by Crippen LogP contribution is 2.30. The lowest BCUT2D eigenvalue weighted by Crippen LogP contribution is -2.21. The van der Waals surface area contributed by atoms with Crippen molar-refractivity contribution in [1.82, 2.24) is 20.0 Å². The van der Waals surface area contributed by atoms with Gasteiger partial charge in [0, 0.05) is 31.1 Å². The number of nitrogens with zero attached hydrogens (tertiary/aromatic N) is 4. The molecule has 1 aliphatic rings. The fraction of sp³-hybridized carbons (Fsp3) is 0.269. The summed E-state index contributed by atoms with van der Waals surface area (Å²) >= 11 is 0. The van der Waals surface area contributed by atoms with Gasteiger partial charge in [-0.15, -0.1) is 5.10 Å². The molecule has 0 saturated carbocycles. The van der Waals surface area contributed by atoms with Crippen LogP contribution in [0, 0.1) is 18.6 Å². The van der Waals surface area contributed by atoms with Crippen LogP contribution < -0.4 is 20.7 Å². The molecule has 194 valence electrons. The number of nitrogens with one attached hydrogen (secondary N) is 2. The topological polar surface area (TPSA) is 114 Å². The largest absolute Gasteiger partial charge is 0.477 e. The highest BCUT2D eigenvalue weighted by molar-refractivity contribution is 5.88. The summed E-state index contributed by atoms with van der Waals surface area (Å²) < 4.78 is 33.4. The Bertz CT molecular complexity index is 1310. The van der Waals surface area contributed by atoms with Crippen LogP contribution in [0.1, 0.15) is 30.4 Å². The van der Waals surface area contributed by atoms with Crippen LogP contribution in [-0.4, -0.2) is 45.7 Å². The number of carbonyl (C=O) groups is 1. The van der Waals surface area contributed by atoms with E-state index >= 15 is 0 Å². The zero-order chi connectivity index (χ0) is 26.4. The van der Waals surface area contributed by atoms with E-state index in [4.69, 9.17) is 10.5 Å². The number of hydrogen-bond donors (Lipinski definition) is 3. The summed E-state index contributed by atoms with van der Waals surface area (Å²) in [5.74, 6) is 1.10. The second-order valence-corrected chi connectivity index (χ2v) is 8.52. The molecule has 1 saturated heterocycles. The molecule has 37 heavy (non-hydrogen) atoms. The summed E-state index contributed by atoms with van der Waals surface area (Å²) in [7, 11) is 0. The van der Waals surface area contributed by atoms with E-state index in [-0.39, 0.29) is 5.92 Å². The Morgan fingerprint density at radius 1 is 1.19 bits per heavy atom. The third kappa shape index (κ3) is 6.24. The Kier molecular flexibility index (Phi) is 8.02. The monoisotopic (exact) mass is 509 g/mol. The first kappa shape index (κ1) is 25.7. The van der Waals surface area contributed by atoms with Crippen LogP contribution in [0.2, 0.25) is 0 Å². The molecular formula is C26H29F2N7O2. The first-order valence-corrected chi connectivity index (χ1v) is 11.9. The van der Waals surface area contributed by atoms with Crippen molar-refractivity contribution in [3.05, 3.63) is 83.6 Å². The van der Waals surface area contributed by atoms with Crippen molar-refractivity contribution in [3.8, 4) is 11.6 Å². The highest BCUT2D eigenvalue weighted by atomic mass is 19.1. The van der Waals surface area contributed by atoms with Gasteiger partial charge in [-0.3, -0.25) is 10.4 Å². The molecule has 1 fully saturated rings. The number of para-hydroxylation sites is 1. The number of hydrogen-bond acceptors (Lipinski definition) is 5. The summed E-state index contributed by atoms with van der Waals surface area (Å²) in [6, 6.07) is 14.5.